The monoisotopic (exact) mass is 362 g/mol. The summed E-state index contributed by atoms with van der Waals surface area (Å²) in [6.45, 7) is 2.31. The quantitative estimate of drug-likeness (QED) is 0.329. The Hall–Kier alpha value is 0.222. The van der Waals surface area contributed by atoms with Crippen molar-refractivity contribution in [3.63, 3.8) is 0 Å². The molecule has 0 amide bonds. The molecule has 3 saturated carbocycles. The summed E-state index contributed by atoms with van der Waals surface area (Å²) in [4.78, 5) is 0. The first-order valence-corrected chi connectivity index (χ1v) is 12.5. The molecule has 0 aromatic carbocycles. The summed E-state index contributed by atoms with van der Waals surface area (Å²) in [7, 11) is 0. The van der Waals surface area contributed by atoms with Gasteiger partial charge in [0.2, 0.25) is 0 Å². The van der Waals surface area contributed by atoms with Crippen LogP contribution in [0, 0.1) is 11.7 Å². The molecular formula is C25H44BLi. The molecule has 3 rings (SSSR count). The standard InChI is InChI=1S/C25H44B.Li/c1-2-3-4-5-15-22-26(23-16-9-6-10-17-23,24-18-11-7-12-19-24)25-20-13-8-14-21-25;/h23-25H,2-14,16-21H2,1H3;/q-1;+1. The Kier molecular flexibility index (Phi) is 11.1. The molecule has 148 valence electrons. The fraction of sp³-hybridized carbons (Fsp3) is 0.920. The second-order valence-corrected chi connectivity index (χ2v) is 10.0. The fourth-order valence-corrected chi connectivity index (χ4v) is 7.28. The van der Waals surface area contributed by atoms with E-state index < -0.39 is 6.15 Å². The van der Waals surface area contributed by atoms with Crippen molar-refractivity contribution in [3.05, 3.63) is 0 Å². The molecule has 0 N–H and O–H groups in total. The third-order valence-corrected chi connectivity index (χ3v) is 8.55. The minimum Gasteiger partial charge on any atom is -0.314 e. The molecule has 0 saturated heterocycles. The summed E-state index contributed by atoms with van der Waals surface area (Å²) < 4.78 is 0. The molecule has 2 heteroatoms. The van der Waals surface area contributed by atoms with Crippen molar-refractivity contribution in [1.29, 1.82) is 0 Å². The SMILES string of the molecule is CCCCCC#C[B-](C1CCCCC1)(C1CCCCC1)C1CCCCC1.[Li+]. The summed E-state index contributed by atoms with van der Waals surface area (Å²) in [5, 5.41) is 0. The summed E-state index contributed by atoms with van der Waals surface area (Å²) in [6, 6.07) is 0. The van der Waals surface area contributed by atoms with E-state index in [1.165, 1.54) is 122 Å². The first-order chi connectivity index (χ1) is 12.9. The number of unbranched alkanes of at least 4 members (excludes halogenated alkanes) is 3. The van der Waals surface area contributed by atoms with Gasteiger partial charge in [0.05, 0.1) is 6.15 Å². The van der Waals surface area contributed by atoms with Crippen LogP contribution in [0.2, 0.25) is 17.5 Å². The van der Waals surface area contributed by atoms with Crippen molar-refractivity contribution in [2.75, 3.05) is 0 Å². The fourth-order valence-electron chi connectivity index (χ4n) is 7.28. The van der Waals surface area contributed by atoms with Crippen molar-refractivity contribution in [2.45, 2.75) is 146 Å². The smallest absolute Gasteiger partial charge is 0.314 e. The van der Waals surface area contributed by atoms with Gasteiger partial charge in [-0.15, -0.1) is 0 Å². The third-order valence-electron chi connectivity index (χ3n) is 8.55. The average Bonchev–Trinajstić information content (AvgIpc) is 2.73. The summed E-state index contributed by atoms with van der Waals surface area (Å²) in [6.07, 6.45) is 27.2. The van der Waals surface area contributed by atoms with Crippen LogP contribution in [0.3, 0.4) is 0 Å². The molecule has 0 heterocycles. The van der Waals surface area contributed by atoms with Gasteiger partial charge in [0, 0.05) is 6.42 Å². The maximum absolute atomic E-state index is 4.21. The van der Waals surface area contributed by atoms with E-state index in [-0.39, 0.29) is 18.9 Å². The van der Waals surface area contributed by atoms with Gasteiger partial charge in [0.15, 0.2) is 0 Å². The molecular weight excluding hydrogens is 318 g/mol. The Morgan fingerprint density at radius 3 is 1.41 bits per heavy atom. The minimum atomic E-state index is -0.463. The second kappa shape index (κ2) is 12.7. The van der Waals surface area contributed by atoms with Crippen molar-refractivity contribution in [3.8, 4) is 11.7 Å². The zero-order chi connectivity index (χ0) is 18.1. The Labute approximate surface area is 182 Å². The third kappa shape index (κ3) is 6.10. The molecule has 0 aromatic heterocycles. The molecule has 3 aliphatic carbocycles. The molecule has 0 unspecified atom stereocenters. The number of hydrogen-bond donors (Lipinski definition) is 0. The average molecular weight is 362 g/mol. The van der Waals surface area contributed by atoms with Gasteiger partial charge in [0.25, 0.3) is 0 Å². The Morgan fingerprint density at radius 2 is 1.04 bits per heavy atom. The molecule has 0 aromatic rings. The van der Waals surface area contributed by atoms with Crippen LogP contribution >= 0.6 is 0 Å². The van der Waals surface area contributed by atoms with Gasteiger partial charge >= 0.3 is 18.9 Å². The Balaban J connectivity index is 0.00000261. The number of hydrogen-bond acceptors (Lipinski definition) is 0. The van der Waals surface area contributed by atoms with Crippen molar-refractivity contribution < 1.29 is 18.9 Å². The van der Waals surface area contributed by atoms with Crippen LogP contribution in [0.1, 0.15) is 129 Å². The van der Waals surface area contributed by atoms with Gasteiger partial charge in [-0.3, -0.25) is 0 Å². The zero-order valence-electron chi connectivity index (χ0n) is 18.7. The summed E-state index contributed by atoms with van der Waals surface area (Å²) in [5.41, 5.74) is 0. The van der Waals surface area contributed by atoms with Crippen LogP contribution in [0.5, 0.6) is 0 Å². The van der Waals surface area contributed by atoms with E-state index in [4.69, 9.17) is 0 Å². The van der Waals surface area contributed by atoms with E-state index in [0.717, 1.165) is 17.5 Å². The maximum Gasteiger partial charge on any atom is 1.00 e. The van der Waals surface area contributed by atoms with E-state index in [1.54, 1.807) is 0 Å². The molecule has 3 fully saturated rings. The largest absolute Gasteiger partial charge is 1.00 e. The molecule has 0 bridgehead atoms. The van der Waals surface area contributed by atoms with E-state index in [2.05, 4.69) is 18.7 Å². The van der Waals surface area contributed by atoms with Gasteiger partial charge in [-0.05, 0) is 6.42 Å². The van der Waals surface area contributed by atoms with E-state index in [0.29, 0.717) is 0 Å². The van der Waals surface area contributed by atoms with Crippen LogP contribution in [-0.2, 0) is 0 Å². The first kappa shape index (κ1) is 23.5. The van der Waals surface area contributed by atoms with Gasteiger partial charge in [-0.25, -0.2) is 0 Å². The topological polar surface area (TPSA) is 0 Å². The van der Waals surface area contributed by atoms with Crippen LogP contribution < -0.4 is 18.9 Å². The van der Waals surface area contributed by atoms with Gasteiger partial charge in [-0.1, -0.05) is 116 Å². The molecule has 3 aliphatic rings. The summed E-state index contributed by atoms with van der Waals surface area (Å²) >= 11 is 0. The van der Waals surface area contributed by atoms with Crippen molar-refractivity contribution in [2.24, 2.45) is 0 Å². The Bertz CT molecular complexity index is 399. The van der Waals surface area contributed by atoms with E-state index >= 15 is 0 Å². The summed E-state index contributed by atoms with van der Waals surface area (Å²) in [5.74, 6) is 11.0. The molecule has 27 heavy (non-hydrogen) atoms. The zero-order valence-corrected chi connectivity index (χ0v) is 18.7. The minimum absolute atomic E-state index is 0. The molecule has 0 nitrogen and oxygen atoms in total. The predicted molar refractivity (Wildman–Crippen MR) is 118 cm³/mol. The van der Waals surface area contributed by atoms with Gasteiger partial charge in [-0.2, -0.15) is 23.4 Å². The maximum atomic E-state index is 4.21. The molecule has 0 spiro atoms. The second-order valence-electron chi connectivity index (χ2n) is 10.0. The van der Waals surface area contributed by atoms with Crippen molar-refractivity contribution >= 4 is 6.15 Å². The number of rotatable bonds is 6. The van der Waals surface area contributed by atoms with Gasteiger partial charge < -0.3 is 5.82 Å². The molecule has 0 atom stereocenters. The molecule has 0 aliphatic heterocycles. The van der Waals surface area contributed by atoms with Crippen LogP contribution in [0.4, 0.5) is 0 Å². The van der Waals surface area contributed by atoms with Crippen LogP contribution in [0.15, 0.2) is 0 Å². The van der Waals surface area contributed by atoms with E-state index in [9.17, 15) is 0 Å². The Morgan fingerprint density at radius 1 is 0.630 bits per heavy atom. The van der Waals surface area contributed by atoms with Gasteiger partial charge in [0.1, 0.15) is 0 Å². The normalized spacial score (nSPS) is 23.3. The first-order valence-electron chi connectivity index (χ1n) is 12.5. The van der Waals surface area contributed by atoms with E-state index in [1.807, 2.05) is 0 Å². The van der Waals surface area contributed by atoms with Crippen LogP contribution in [0.25, 0.3) is 0 Å². The molecule has 0 radical (unpaired) electrons. The predicted octanol–water partition coefficient (Wildman–Crippen LogP) is 5.57. The van der Waals surface area contributed by atoms with Crippen molar-refractivity contribution in [1.82, 2.24) is 0 Å². The van der Waals surface area contributed by atoms with Crippen LogP contribution in [-0.4, -0.2) is 6.15 Å².